The normalized spacial score (nSPS) is 17.2. The standard InChI is InChI=1S/C19H22N8OS/c28-18(23-19-22-14-3-1-2-4-15(14)29-19)13-7-9-26(10-8-13)16-5-6-17(25-24-16)27-12-20-11-21-27/h5-6,11-13H,1-4,7-10H2,(H,22,23,28). The van der Waals surface area contributed by atoms with Crippen LogP contribution < -0.4 is 10.2 Å². The Labute approximate surface area is 172 Å². The molecule has 1 aliphatic heterocycles. The lowest BCUT2D eigenvalue weighted by Gasteiger charge is -2.31. The molecule has 29 heavy (non-hydrogen) atoms. The molecule has 0 atom stereocenters. The van der Waals surface area contributed by atoms with Crippen LogP contribution in [-0.2, 0) is 17.6 Å². The number of piperidine rings is 1. The van der Waals surface area contributed by atoms with Gasteiger partial charge in [0.25, 0.3) is 0 Å². The van der Waals surface area contributed by atoms with Crippen molar-refractivity contribution in [2.24, 2.45) is 5.92 Å². The molecule has 0 radical (unpaired) electrons. The van der Waals surface area contributed by atoms with Crippen LogP contribution in [0, 0.1) is 5.92 Å². The Bertz CT molecular complexity index is 953. The molecule has 9 nitrogen and oxygen atoms in total. The molecule has 5 rings (SSSR count). The van der Waals surface area contributed by atoms with Crippen molar-refractivity contribution in [2.75, 3.05) is 23.3 Å². The van der Waals surface area contributed by atoms with E-state index in [-0.39, 0.29) is 11.8 Å². The lowest BCUT2D eigenvalue weighted by Crippen LogP contribution is -2.38. The smallest absolute Gasteiger partial charge is 0.229 e. The molecule has 1 aliphatic carbocycles. The van der Waals surface area contributed by atoms with E-state index >= 15 is 0 Å². The van der Waals surface area contributed by atoms with Crippen molar-refractivity contribution < 1.29 is 4.79 Å². The molecule has 0 bridgehead atoms. The topological polar surface area (TPSA) is 102 Å². The van der Waals surface area contributed by atoms with Gasteiger partial charge in [-0.25, -0.2) is 14.6 Å². The summed E-state index contributed by atoms with van der Waals surface area (Å²) >= 11 is 1.64. The number of hydrogen-bond acceptors (Lipinski definition) is 8. The van der Waals surface area contributed by atoms with Gasteiger partial charge in [-0.2, -0.15) is 5.10 Å². The Balaban J connectivity index is 1.17. The van der Waals surface area contributed by atoms with Gasteiger partial charge in [-0.3, -0.25) is 4.79 Å². The van der Waals surface area contributed by atoms with Crippen LogP contribution in [0.1, 0.15) is 36.3 Å². The fraction of sp³-hybridized carbons (Fsp3) is 0.474. The maximum absolute atomic E-state index is 12.7. The summed E-state index contributed by atoms with van der Waals surface area (Å²) < 4.78 is 1.57. The van der Waals surface area contributed by atoms with E-state index < -0.39 is 0 Å². The molecular weight excluding hydrogens is 388 g/mol. The number of rotatable bonds is 4. The summed E-state index contributed by atoms with van der Waals surface area (Å²) in [6.07, 6.45) is 9.20. The van der Waals surface area contributed by atoms with Crippen LogP contribution in [0.25, 0.3) is 5.82 Å². The van der Waals surface area contributed by atoms with E-state index in [9.17, 15) is 4.79 Å². The second kappa shape index (κ2) is 7.86. The highest BCUT2D eigenvalue weighted by atomic mass is 32.1. The van der Waals surface area contributed by atoms with Gasteiger partial charge in [0.15, 0.2) is 16.8 Å². The molecule has 1 saturated heterocycles. The predicted molar refractivity (Wildman–Crippen MR) is 109 cm³/mol. The van der Waals surface area contributed by atoms with Gasteiger partial charge in [0.05, 0.1) is 5.69 Å². The number of hydrogen-bond donors (Lipinski definition) is 1. The van der Waals surface area contributed by atoms with Gasteiger partial charge in [-0.15, -0.1) is 21.5 Å². The summed E-state index contributed by atoms with van der Waals surface area (Å²) in [5.74, 6) is 1.55. The van der Waals surface area contributed by atoms with Crippen LogP contribution in [0.15, 0.2) is 24.8 Å². The van der Waals surface area contributed by atoms with Crippen LogP contribution >= 0.6 is 11.3 Å². The maximum atomic E-state index is 12.7. The molecule has 1 fully saturated rings. The van der Waals surface area contributed by atoms with E-state index in [1.54, 1.807) is 22.3 Å². The molecule has 2 aliphatic rings. The van der Waals surface area contributed by atoms with Gasteiger partial charge in [0, 0.05) is 23.9 Å². The number of anilines is 2. The number of carbonyl (C=O) groups excluding carboxylic acids is 1. The van der Waals surface area contributed by atoms with Gasteiger partial charge < -0.3 is 10.2 Å². The van der Waals surface area contributed by atoms with Crippen LogP contribution in [-0.4, -0.2) is 48.9 Å². The first kappa shape index (κ1) is 18.2. The molecule has 10 heteroatoms. The average molecular weight is 411 g/mol. The van der Waals surface area contributed by atoms with Crippen LogP contribution in [0.3, 0.4) is 0 Å². The first-order valence-electron chi connectivity index (χ1n) is 9.99. The van der Waals surface area contributed by atoms with Crippen molar-refractivity contribution in [2.45, 2.75) is 38.5 Å². The summed E-state index contributed by atoms with van der Waals surface area (Å²) in [5.41, 5.74) is 1.18. The SMILES string of the molecule is O=C(Nc1nc2c(s1)CCCC2)C1CCN(c2ccc(-n3cncn3)nn2)CC1. The van der Waals surface area contributed by atoms with E-state index in [0.29, 0.717) is 5.82 Å². The Morgan fingerprint density at radius 1 is 1.10 bits per heavy atom. The lowest BCUT2D eigenvalue weighted by atomic mass is 9.96. The Hall–Kier alpha value is -2.88. The highest BCUT2D eigenvalue weighted by Gasteiger charge is 2.27. The third kappa shape index (κ3) is 3.84. The zero-order valence-electron chi connectivity index (χ0n) is 16.0. The number of amides is 1. The molecule has 0 aromatic carbocycles. The fourth-order valence-electron chi connectivity index (χ4n) is 3.92. The molecular formula is C19H22N8OS. The number of aromatic nitrogens is 6. The van der Waals surface area contributed by atoms with Gasteiger partial charge in [0.2, 0.25) is 5.91 Å². The number of fused-ring (bicyclic) bond motifs is 1. The summed E-state index contributed by atoms with van der Waals surface area (Å²) in [6, 6.07) is 3.81. The minimum atomic E-state index is 0.00885. The molecule has 0 unspecified atom stereocenters. The molecule has 1 N–H and O–H groups in total. The van der Waals surface area contributed by atoms with E-state index in [0.717, 1.165) is 49.7 Å². The predicted octanol–water partition coefficient (Wildman–Crippen LogP) is 2.25. The minimum absolute atomic E-state index is 0.00885. The largest absolute Gasteiger partial charge is 0.355 e. The van der Waals surface area contributed by atoms with E-state index in [1.807, 2.05) is 12.1 Å². The molecule has 0 spiro atoms. The highest BCUT2D eigenvalue weighted by molar-refractivity contribution is 7.15. The third-order valence-electron chi connectivity index (χ3n) is 5.56. The van der Waals surface area contributed by atoms with Crippen molar-refractivity contribution in [3.63, 3.8) is 0 Å². The average Bonchev–Trinajstić information content (AvgIpc) is 3.43. The number of nitrogens with zero attached hydrogens (tertiary/aromatic N) is 7. The highest BCUT2D eigenvalue weighted by Crippen LogP contribution is 2.30. The van der Waals surface area contributed by atoms with Gasteiger partial charge >= 0.3 is 0 Å². The molecule has 3 aromatic heterocycles. The number of nitrogens with one attached hydrogen (secondary N) is 1. The van der Waals surface area contributed by atoms with Crippen LogP contribution in [0.2, 0.25) is 0 Å². The second-order valence-corrected chi connectivity index (χ2v) is 8.52. The summed E-state index contributed by atoms with van der Waals surface area (Å²) in [5, 5.41) is 16.4. The summed E-state index contributed by atoms with van der Waals surface area (Å²) in [6.45, 7) is 1.56. The van der Waals surface area contributed by atoms with E-state index in [1.165, 1.54) is 29.7 Å². The van der Waals surface area contributed by atoms with Gasteiger partial charge in [-0.1, -0.05) is 0 Å². The Kier molecular flexibility index (Phi) is 4.92. The van der Waals surface area contributed by atoms with Crippen LogP contribution in [0.4, 0.5) is 10.9 Å². The first-order chi connectivity index (χ1) is 14.3. The lowest BCUT2D eigenvalue weighted by molar-refractivity contribution is -0.120. The Morgan fingerprint density at radius 2 is 1.90 bits per heavy atom. The summed E-state index contributed by atoms with van der Waals surface area (Å²) in [7, 11) is 0. The zero-order chi connectivity index (χ0) is 19.6. The fourth-order valence-corrected chi connectivity index (χ4v) is 4.97. The summed E-state index contributed by atoms with van der Waals surface area (Å²) in [4.78, 5) is 24.7. The monoisotopic (exact) mass is 410 g/mol. The minimum Gasteiger partial charge on any atom is -0.355 e. The maximum Gasteiger partial charge on any atom is 0.229 e. The van der Waals surface area contributed by atoms with Gasteiger partial charge in [0.1, 0.15) is 12.7 Å². The molecule has 0 saturated carbocycles. The number of aryl methyl sites for hydroxylation is 2. The van der Waals surface area contributed by atoms with Crippen molar-refractivity contribution in [1.29, 1.82) is 0 Å². The van der Waals surface area contributed by atoms with Crippen molar-refractivity contribution >= 4 is 28.2 Å². The van der Waals surface area contributed by atoms with Crippen molar-refractivity contribution in [3.05, 3.63) is 35.4 Å². The zero-order valence-corrected chi connectivity index (χ0v) is 16.8. The molecule has 3 aromatic rings. The second-order valence-electron chi connectivity index (χ2n) is 7.44. The van der Waals surface area contributed by atoms with Crippen LogP contribution in [0.5, 0.6) is 0 Å². The molecule has 1 amide bonds. The van der Waals surface area contributed by atoms with E-state index in [4.69, 9.17) is 0 Å². The van der Waals surface area contributed by atoms with Gasteiger partial charge in [-0.05, 0) is 50.7 Å². The first-order valence-corrected chi connectivity index (χ1v) is 10.8. The quantitative estimate of drug-likeness (QED) is 0.704. The molecule has 4 heterocycles. The third-order valence-corrected chi connectivity index (χ3v) is 6.63. The molecule has 150 valence electrons. The van der Waals surface area contributed by atoms with Crippen molar-refractivity contribution in [1.82, 2.24) is 29.9 Å². The number of carbonyl (C=O) groups is 1. The van der Waals surface area contributed by atoms with E-state index in [2.05, 4.69) is 35.5 Å². The Morgan fingerprint density at radius 3 is 2.62 bits per heavy atom. The van der Waals surface area contributed by atoms with Crippen molar-refractivity contribution in [3.8, 4) is 5.82 Å². The number of thiazole rings is 1.